The van der Waals surface area contributed by atoms with E-state index in [2.05, 4.69) is 10.3 Å². The van der Waals surface area contributed by atoms with Crippen LogP contribution in [-0.2, 0) is 4.79 Å². The molecule has 0 bridgehead atoms. The van der Waals surface area contributed by atoms with E-state index in [1.165, 1.54) is 6.07 Å². The molecule has 1 aliphatic carbocycles. The maximum absolute atomic E-state index is 13.4. The van der Waals surface area contributed by atoms with Crippen molar-refractivity contribution in [3.63, 3.8) is 0 Å². The van der Waals surface area contributed by atoms with Gasteiger partial charge >= 0.3 is 0 Å². The van der Waals surface area contributed by atoms with Crippen molar-refractivity contribution in [2.45, 2.75) is 18.4 Å². The Morgan fingerprint density at radius 1 is 1.19 bits per heavy atom. The van der Waals surface area contributed by atoms with Gasteiger partial charge in [0, 0.05) is 37.9 Å². The van der Waals surface area contributed by atoms with E-state index in [-0.39, 0.29) is 36.2 Å². The topological polar surface area (TPSA) is 45.2 Å². The predicted octanol–water partition coefficient (Wildman–Crippen LogP) is 3.06. The van der Waals surface area contributed by atoms with Crippen molar-refractivity contribution in [2.24, 2.45) is 5.92 Å². The Morgan fingerprint density at radius 2 is 2.04 bits per heavy atom. The lowest BCUT2D eigenvalue weighted by molar-refractivity contribution is -0.136. The first-order chi connectivity index (χ1) is 12.1. The summed E-state index contributed by atoms with van der Waals surface area (Å²) < 4.78 is 26.6. The van der Waals surface area contributed by atoms with Gasteiger partial charge in [0.25, 0.3) is 0 Å². The second-order valence-electron chi connectivity index (χ2n) is 6.66. The summed E-state index contributed by atoms with van der Waals surface area (Å²) in [6.45, 7) is 2.09. The highest BCUT2D eigenvalue weighted by molar-refractivity contribution is 5.85. The van der Waals surface area contributed by atoms with Crippen LogP contribution in [0.5, 0.6) is 0 Å². The summed E-state index contributed by atoms with van der Waals surface area (Å²) in [6.07, 6.45) is 4.19. The first kappa shape index (κ1) is 18.7. The average Bonchev–Trinajstić information content (AvgIpc) is 3.45. The highest BCUT2D eigenvalue weighted by Crippen LogP contribution is 2.49. The fourth-order valence-corrected chi connectivity index (χ4v) is 3.63. The van der Waals surface area contributed by atoms with Crippen molar-refractivity contribution in [1.82, 2.24) is 15.2 Å². The molecule has 138 valence electrons. The van der Waals surface area contributed by atoms with Crippen molar-refractivity contribution in [2.75, 3.05) is 19.6 Å². The Morgan fingerprint density at radius 3 is 2.77 bits per heavy atom. The quantitative estimate of drug-likeness (QED) is 0.891. The molecule has 26 heavy (non-hydrogen) atoms. The lowest BCUT2D eigenvalue weighted by atomic mass is 10.0. The molecule has 1 saturated heterocycles. The Hall–Kier alpha value is -2.05. The van der Waals surface area contributed by atoms with Crippen LogP contribution in [0.1, 0.15) is 29.5 Å². The molecule has 4 nitrogen and oxygen atoms in total. The van der Waals surface area contributed by atoms with Crippen molar-refractivity contribution < 1.29 is 13.6 Å². The number of nitrogens with zero attached hydrogens (tertiary/aromatic N) is 2. The van der Waals surface area contributed by atoms with Gasteiger partial charge in [0.15, 0.2) is 11.6 Å². The van der Waals surface area contributed by atoms with Gasteiger partial charge in [0.05, 0.1) is 6.04 Å². The van der Waals surface area contributed by atoms with Crippen LogP contribution in [0.2, 0.25) is 0 Å². The minimum absolute atomic E-state index is 0. The summed E-state index contributed by atoms with van der Waals surface area (Å²) in [4.78, 5) is 19.0. The molecule has 1 saturated carbocycles. The number of pyridine rings is 1. The van der Waals surface area contributed by atoms with E-state index in [9.17, 15) is 13.6 Å². The normalized spacial score (nSPS) is 24.7. The zero-order valence-corrected chi connectivity index (χ0v) is 14.9. The van der Waals surface area contributed by atoms with Crippen LogP contribution in [0, 0.1) is 17.6 Å². The zero-order valence-electron chi connectivity index (χ0n) is 14.1. The van der Waals surface area contributed by atoms with Gasteiger partial charge in [0.1, 0.15) is 0 Å². The maximum Gasteiger partial charge on any atom is 0.226 e. The maximum atomic E-state index is 13.4. The van der Waals surface area contributed by atoms with Gasteiger partial charge < -0.3 is 10.2 Å². The average molecular weight is 380 g/mol. The molecule has 1 N–H and O–H groups in total. The molecular formula is C19H20ClF2N3O. The molecule has 1 aliphatic heterocycles. The number of hydrogen-bond donors (Lipinski definition) is 1. The third kappa shape index (κ3) is 3.57. The molecule has 1 aromatic heterocycles. The Balaban J connectivity index is 0.00000196. The molecule has 3 unspecified atom stereocenters. The van der Waals surface area contributed by atoms with Gasteiger partial charge in [0.2, 0.25) is 5.91 Å². The monoisotopic (exact) mass is 379 g/mol. The van der Waals surface area contributed by atoms with Crippen LogP contribution >= 0.6 is 12.4 Å². The zero-order chi connectivity index (χ0) is 17.4. The lowest BCUT2D eigenvalue weighted by Crippen LogP contribution is -2.49. The number of carbonyl (C=O) groups excluding carboxylic acids is 1. The first-order valence-corrected chi connectivity index (χ1v) is 8.51. The van der Waals surface area contributed by atoms with Gasteiger partial charge in [-0.2, -0.15) is 0 Å². The molecule has 2 aliphatic rings. The predicted molar refractivity (Wildman–Crippen MR) is 96.0 cm³/mol. The van der Waals surface area contributed by atoms with Gasteiger partial charge in [-0.1, -0.05) is 12.1 Å². The number of benzene rings is 1. The van der Waals surface area contributed by atoms with E-state index in [4.69, 9.17) is 0 Å². The molecule has 2 heterocycles. The second-order valence-corrected chi connectivity index (χ2v) is 6.66. The summed E-state index contributed by atoms with van der Waals surface area (Å²) in [5.41, 5.74) is 1.71. The Kier molecular flexibility index (Phi) is 5.53. The van der Waals surface area contributed by atoms with Crippen LogP contribution in [0.3, 0.4) is 0 Å². The third-order valence-electron chi connectivity index (χ3n) is 5.08. The van der Waals surface area contributed by atoms with Crippen molar-refractivity contribution in [1.29, 1.82) is 0 Å². The van der Waals surface area contributed by atoms with Crippen LogP contribution in [0.25, 0.3) is 0 Å². The number of aromatic nitrogens is 1. The summed E-state index contributed by atoms with van der Waals surface area (Å²) in [6, 6.07) is 7.73. The van der Waals surface area contributed by atoms with E-state index in [1.807, 2.05) is 17.0 Å². The third-order valence-corrected chi connectivity index (χ3v) is 5.08. The lowest BCUT2D eigenvalue weighted by Gasteiger charge is -2.36. The van der Waals surface area contributed by atoms with E-state index in [1.54, 1.807) is 18.5 Å². The minimum Gasteiger partial charge on any atom is -0.333 e. The molecule has 7 heteroatoms. The molecule has 2 fully saturated rings. The number of hydrogen-bond acceptors (Lipinski definition) is 3. The van der Waals surface area contributed by atoms with Gasteiger partial charge in [-0.25, -0.2) is 8.78 Å². The number of piperazine rings is 1. The second kappa shape index (κ2) is 7.68. The molecule has 0 radical (unpaired) electrons. The van der Waals surface area contributed by atoms with E-state index >= 15 is 0 Å². The van der Waals surface area contributed by atoms with Crippen molar-refractivity contribution in [3.8, 4) is 0 Å². The van der Waals surface area contributed by atoms with E-state index in [0.29, 0.717) is 25.1 Å². The standard InChI is InChI=1S/C19H19F2N3O.ClH/c20-16-4-3-12(8-17(16)21)14-9-15(14)19(25)24-7-6-23-11-18(24)13-2-1-5-22-10-13;/h1-5,8,10,14-15,18,23H,6-7,9,11H2;1H. The van der Waals surface area contributed by atoms with Gasteiger partial charge in [-0.15, -0.1) is 12.4 Å². The summed E-state index contributed by atoms with van der Waals surface area (Å²) >= 11 is 0. The van der Waals surface area contributed by atoms with Crippen LogP contribution in [0.4, 0.5) is 8.78 Å². The number of halogens is 3. The van der Waals surface area contributed by atoms with Gasteiger partial charge in [-0.05, 0) is 41.7 Å². The molecule has 1 amide bonds. The SMILES string of the molecule is Cl.O=C(C1CC1c1ccc(F)c(F)c1)N1CCNCC1c1cccnc1. The number of rotatable bonds is 3. The Labute approximate surface area is 157 Å². The molecule has 0 spiro atoms. The summed E-state index contributed by atoms with van der Waals surface area (Å²) in [5.74, 6) is -1.80. The molecule has 3 atom stereocenters. The molecule has 4 rings (SSSR count). The smallest absolute Gasteiger partial charge is 0.226 e. The highest BCUT2D eigenvalue weighted by Gasteiger charge is 2.47. The Bertz CT molecular complexity index is 790. The summed E-state index contributed by atoms with van der Waals surface area (Å²) in [5, 5.41) is 3.32. The largest absolute Gasteiger partial charge is 0.333 e. The summed E-state index contributed by atoms with van der Waals surface area (Å²) in [7, 11) is 0. The van der Waals surface area contributed by atoms with E-state index in [0.717, 1.165) is 18.2 Å². The molecule has 2 aromatic rings. The van der Waals surface area contributed by atoms with Crippen LogP contribution < -0.4 is 5.32 Å². The highest BCUT2D eigenvalue weighted by atomic mass is 35.5. The minimum atomic E-state index is -0.856. The fraction of sp³-hybridized carbons (Fsp3) is 0.368. The number of carbonyl (C=O) groups is 1. The van der Waals surface area contributed by atoms with E-state index < -0.39 is 11.6 Å². The first-order valence-electron chi connectivity index (χ1n) is 8.51. The van der Waals surface area contributed by atoms with Crippen LogP contribution in [0.15, 0.2) is 42.7 Å². The van der Waals surface area contributed by atoms with Gasteiger partial charge in [-0.3, -0.25) is 9.78 Å². The number of amides is 1. The molecule has 1 aromatic carbocycles. The molecular weight excluding hydrogens is 360 g/mol. The number of nitrogens with one attached hydrogen (secondary N) is 1. The fourth-order valence-electron chi connectivity index (χ4n) is 3.63. The van der Waals surface area contributed by atoms with Crippen molar-refractivity contribution >= 4 is 18.3 Å². The van der Waals surface area contributed by atoms with Crippen LogP contribution in [-0.4, -0.2) is 35.4 Å². The van der Waals surface area contributed by atoms with Crippen molar-refractivity contribution in [3.05, 3.63) is 65.5 Å².